The van der Waals surface area contributed by atoms with Gasteiger partial charge in [0.25, 0.3) is 0 Å². The lowest BCUT2D eigenvalue weighted by molar-refractivity contribution is 0.415. The molecule has 0 spiro atoms. The third-order valence-corrected chi connectivity index (χ3v) is 5.85. The molecule has 0 aliphatic rings. The highest BCUT2D eigenvalue weighted by molar-refractivity contribution is 5.96. The van der Waals surface area contributed by atoms with Crippen LogP contribution in [0.1, 0.15) is 0 Å². The minimum Gasteiger partial charge on any atom is -0.497 e. The molecule has 6 aromatic rings. The van der Waals surface area contributed by atoms with Crippen molar-refractivity contribution in [1.82, 2.24) is 18.9 Å². The number of hydrogen-bond donors (Lipinski definition) is 0. The Kier molecular flexibility index (Phi) is 4.40. The number of azo groups is 1. The van der Waals surface area contributed by atoms with E-state index in [1.165, 1.54) is 0 Å². The van der Waals surface area contributed by atoms with Gasteiger partial charge >= 0.3 is 0 Å². The van der Waals surface area contributed by atoms with Crippen LogP contribution in [-0.4, -0.2) is 26.0 Å². The van der Waals surface area contributed by atoms with Gasteiger partial charge in [0, 0.05) is 24.2 Å². The molecule has 0 amide bonds. The molecular weight excluding hydrogens is 412 g/mol. The van der Waals surface area contributed by atoms with Crippen molar-refractivity contribution in [3.05, 3.63) is 85.1 Å². The molecule has 0 aliphatic carbocycles. The summed E-state index contributed by atoms with van der Waals surface area (Å²) in [6.07, 6.45) is 1.99. The molecule has 7 heteroatoms. The predicted octanol–water partition coefficient (Wildman–Crippen LogP) is 6.47. The van der Waals surface area contributed by atoms with E-state index >= 15 is 0 Å². The summed E-state index contributed by atoms with van der Waals surface area (Å²) in [5, 5.41) is 11.4. The van der Waals surface area contributed by atoms with E-state index in [1.54, 1.807) is 7.11 Å². The van der Waals surface area contributed by atoms with Crippen molar-refractivity contribution in [2.45, 2.75) is 0 Å². The minimum absolute atomic E-state index is 0.535. The van der Waals surface area contributed by atoms with Crippen LogP contribution in [0.25, 0.3) is 38.7 Å². The third-order valence-electron chi connectivity index (χ3n) is 5.85. The first kappa shape index (κ1) is 19.2. The molecule has 160 valence electrons. The summed E-state index contributed by atoms with van der Waals surface area (Å²) in [7, 11) is 3.60. The van der Waals surface area contributed by atoms with Crippen LogP contribution in [0.3, 0.4) is 0 Å². The fraction of sp³-hybridized carbons (Fsp3) is 0.0769. The van der Waals surface area contributed by atoms with E-state index in [4.69, 9.17) is 9.72 Å². The number of ether oxygens (including phenoxy) is 1. The summed E-state index contributed by atoms with van der Waals surface area (Å²) in [5.74, 6) is 1.97. The molecule has 33 heavy (non-hydrogen) atoms. The van der Waals surface area contributed by atoms with Crippen molar-refractivity contribution in [1.29, 1.82) is 0 Å². The monoisotopic (exact) mass is 432 g/mol. The van der Waals surface area contributed by atoms with Gasteiger partial charge in [-0.3, -0.25) is 4.40 Å². The highest BCUT2D eigenvalue weighted by Gasteiger charge is 2.17. The number of imidazole rings is 2. The molecule has 0 bridgehead atoms. The Bertz CT molecular complexity index is 1660. The van der Waals surface area contributed by atoms with Crippen molar-refractivity contribution < 1.29 is 4.74 Å². The van der Waals surface area contributed by atoms with Crippen LogP contribution in [0.15, 0.2) is 95.3 Å². The zero-order valence-corrected chi connectivity index (χ0v) is 18.2. The van der Waals surface area contributed by atoms with Gasteiger partial charge in [-0.2, -0.15) is 0 Å². The van der Waals surface area contributed by atoms with Gasteiger partial charge in [0.05, 0.1) is 18.1 Å². The Labute approximate surface area is 189 Å². The lowest BCUT2D eigenvalue weighted by Crippen LogP contribution is -1.87. The number of nitrogens with zero attached hydrogens (tertiary/aromatic N) is 6. The van der Waals surface area contributed by atoms with Crippen molar-refractivity contribution in [3.63, 3.8) is 0 Å². The zero-order chi connectivity index (χ0) is 22.4. The second kappa shape index (κ2) is 7.56. The smallest absolute Gasteiger partial charge is 0.250 e. The van der Waals surface area contributed by atoms with Crippen LogP contribution in [0.4, 0.5) is 11.8 Å². The minimum atomic E-state index is 0.535. The molecule has 0 aliphatic heterocycles. The largest absolute Gasteiger partial charge is 0.497 e. The number of fused-ring (bicyclic) bond motifs is 4. The fourth-order valence-electron chi connectivity index (χ4n) is 4.11. The summed E-state index contributed by atoms with van der Waals surface area (Å²) in [6.45, 7) is 0. The van der Waals surface area contributed by atoms with Crippen LogP contribution < -0.4 is 4.74 Å². The number of aryl methyl sites for hydroxylation is 1. The summed E-state index contributed by atoms with van der Waals surface area (Å²) in [4.78, 5) is 9.61. The lowest BCUT2D eigenvalue weighted by atomic mass is 10.1. The average Bonchev–Trinajstić information content (AvgIpc) is 3.40. The second-order valence-electron chi connectivity index (χ2n) is 7.77. The standard InChI is InChI=1S/C26H20N6O/c1-31-22-10-6-5-9-21(22)27-26(31)30-29-25-23(18-11-13-19(33-2)14-12-18)28-24-20-8-4-3-7-17(20)15-16-32(24)25/h3-16H,1-2H3/b30-29+. The van der Waals surface area contributed by atoms with Crippen LogP contribution in [-0.2, 0) is 7.05 Å². The van der Waals surface area contributed by atoms with Crippen molar-refractivity contribution >= 4 is 39.2 Å². The van der Waals surface area contributed by atoms with E-state index in [2.05, 4.69) is 33.4 Å². The maximum absolute atomic E-state index is 5.32. The Morgan fingerprint density at radius 3 is 2.42 bits per heavy atom. The van der Waals surface area contributed by atoms with Gasteiger partial charge in [0.15, 0.2) is 5.82 Å². The van der Waals surface area contributed by atoms with E-state index in [0.717, 1.165) is 44.5 Å². The highest BCUT2D eigenvalue weighted by Crippen LogP contribution is 2.35. The second-order valence-corrected chi connectivity index (χ2v) is 7.77. The van der Waals surface area contributed by atoms with E-state index in [-0.39, 0.29) is 0 Å². The summed E-state index contributed by atoms with van der Waals surface area (Å²) >= 11 is 0. The maximum atomic E-state index is 5.32. The van der Waals surface area contributed by atoms with Gasteiger partial charge in [-0.1, -0.05) is 36.4 Å². The number of rotatable bonds is 4. The molecular formula is C26H20N6O. The molecule has 0 saturated carbocycles. The van der Waals surface area contributed by atoms with E-state index in [0.29, 0.717) is 11.8 Å². The first-order chi connectivity index (χ1) is 16.2. The maximum Gasteiger partial charge on any atom is 0.250 e. The average molecular weight is 432 g/mol. The Balaban J connectivity index is 1.57. The first-order valence-corrected chi connectivity index (χ1v) is 10.6. The van der Waals surface area contributed by atoms with Crippen LogP contribution >= 0.6 is 0 Å². The summed E-state index contributed by atoms with van der Waals surface area (Å²) in [5.41, 5.74) is 4.40. The van der Waals surface area contributed by atoms with Crippen molar-refractivity contribution in [2.24, 2.45) is 17.3 Å². The van der Waals surface area contributed by atoms with E-state index in [9.17, 15) is 0 Å². The predicted molar refractivity (Wildman–Crippen MR) is 130 cm³/mol. The highest BCUT2D eigenvalue weighted by atomic mass is 16.5. The van der Waals surface area contributed by atoms with Crippen LogP contribution in [0, 0.1) is 0 Å². The molecule has 0 atom stereocenters. The molecule has 6 rings (SSSR count). The van der Waals surface area contributed by atoms with Gasteiger partial charge in [0.1, 0.15) is 17.1 Å². The lowest BCUT2D eigenvalue weighted by Gasteiger charge is -2.03. The van der Waals surface area contributed by atoms with Crippen molar-refractivity contribution in [2.75, 3.05) is 7.11 Å². The molecule has 3 heterocycles. The Morgan fingerprint density at radius 2 is 1.61 bits per heavy atom. The number of benzene rings is 3. The van der Waals surface area contributed by atoms with Gasteiger partial charge in [-0.05, 0) is 47.9 Å². The number of para-hydroxylation sites is 2. The molecule has 3 aromatic heterocycles. The third kappa shape index (κ3) is 3.13. The van der Waals surface area contributed by atoms with Gasteiger partial charge < -0.3 is 9.30 Å². The zero-order valence-electron chi connectivity index (χ0n) is 18.2. The first-order valence-electron chi connectivity index (χ1n) is 10.6. The topological polar surface area (TPSA) is 69.1 Å². The molecule has 0 N–H and O–H groups in total. The van der Waals surface area contributed by atoms with E-state index in [1.807, 2.05) is 82.9 Å². The van der Waals surface area contributed by atoms with Gasteiger partial charge in [-0.25, -0.2) is 9.97 Å². The SMILES string of the molecule is COc1ccc(-c2nc3c4ccccc4ccn3c2/N=N/c2nc3ccccc3n2C)cc1. The Morgan fingerprint density at radius 1 is 0.818 bits per heavy atom. The number of pyridine rings is 1. The van der Waals surface area contributed by atoms with Crippen LogP contribution in [0.5, 0.6) is 5.75 Å². The Hall–Kier alpha value is -4.52. The van der Waals surface area contributed by atoms with E-state index < -0.39 is 0 Å². The van der Waals surface area contributed by atoms with Crippen molar-refractivity contribution in [3.8, 4) is 17.0 Å². The number of methoxy groups -OCH3 is 1. The summed E-state index contributed by atoms with van der Waals surface area (Å²) in [6, 6.07) is 26.0. The van der Waals surface area contributed by atoms with Gasteiger partial charge in [-0.15, -0.1) is 10.2 Å². The quantitative estimate of drug-likeness (QED) is 0.300. The molecule has 7 nitrogen and oxygen atoms in total. The number of hydrogen-bond acceptors (Lipinski definition) is 5. The van der Waals surface area contributed by atoms with Crippen LogP contribution in [0.2, 0.25) is 0 Å². The number of aromatic nitrogens is 4. The fourth-order valence-corrected chi connectivity index (χ4v) is 4.11. The molecule has 3 aromatic carbocycles. The summed E-state index contributed by atoms with van der Waals surface area (Å²) < 4.78 is 9.24. The van der Waals surface area contributed by atoms with Gasteiger partial charge in [0.2, 0.25) is 5.95 Å². The molecule has 0 saturated heterocycles. The molecule has 0 radical (unpaired) electrons. The molecule has 0 unspecified atom stereocenters. The normalized spacial score (nSPS) is 11.8. The molecule has 0 fully saturated rings.